The molecule has 0 radical (unpaired) electrons. The largest absolute Gasteiger partial charge is 0.381 e. The van der Waals surface area contributed by atoms with E-state index in [0.29, 0.717) is 6.04 Å². The van der Waals surface area contributed by atoms with Gasteiger partial charge in [0.1, 0.15) is 0 Å². The normalized spacial score (nSPS) is 42.9. The lowest BCUT2D eigenvalue weighted by atomic mass is 9.66. The predicted molar refractivity (Wildman–Crippen MR) is 62.2 cm³/mol. The third-order valence-electron chi connectivity index (χ3n) is 4.92. The van der Waals surface area contributed by atoms with Crippen LogP contribution in [0.2, 0.25) is 0 Å². The summed E-state index contributed by atoms with van der Waals surface area (Å²) in [6.07, 6.45) is 7.21. The Morgan fingerprint density at radius 1 is 1.00 bits per heavy atom. The molecule has 2 saturated heterocycles. The fraction of sp³-hybridized carbons (Fsp3) is 1.00. The van der Waals surface area contributed by atoms with Gasteiger partial charge in [-0.05, 0) is 50.4 Å². The highest BCUT2D eigenvalue weighted by atomic mass is 16.5. The first kappa shape index (κ1) is 11.0. The van der Waals surface area contributed by atoms with Crippen LogP contribution in [-0.4, -0.2) is 31.5 Å². The lowest BCUT2D eigenvalue weighted by Crippen LogP contribution is -2.51. The zero-order valence-corrected chi connectivity index (χ0v) is 9.99. The van der Waals surface area contributed by atoms with Crippen molar-refractivity contribution < 1.29 is 9.47 Å². The van der Waals surface area contributed by atoms with E-state index in [1.807, 2.05) is 0 Å². The van der Waals surface area contributed by atoms with E-state index in [2.05, 4.69) is 0 Å². The molecular weight excluding hydrogens is 202 g/mol. The summed E-state index contributed by atoms with van der Waals surface area (Å²) in [5.74, 6) is 1.60. The van der Waals surface area contributed by atoms with Gasteiger partial charge in [-0.15, -0.1) is 0 Å². The van der Waals surface area contributed by atoms with Gasteiger partial charge in [-0.25, -0.2) is 0 Å². The first-order valence-corrected chi connectivity index (χ1v) is 6.76. The maximum Gasteiger partial charge on any atom is 0.0729 e. The molecule has 3 fully saturated rings. The maximum absolute atomic E-state index is 6.11. The Bertz CT molecular complexity index is 245. The molecule has 0 amide bonds. The Labute approximate surface area is 97.7 Å². The SMILES string of the molecule is NC1CCC1C1CCOC2(CCOCC2)C1. The smallest absolute Gasteiger partial charge is 0.0729 e. The number of rotatable bonds is 1. The fourth-order valence-electron chi connectivity index (χ4n) is 3.66. The van der Waals surface area contributed by atoms with Crippen LogP contribution in [-0.2, 0) is 9.47 Å². The average Bonchev–Trinajstić information content (AvgIpc) is 2.28. The molecule has 16 heavy (non-hydrogen) atoms. The van der Waals surface area contributed by atoms with Crippen LogP contribution >= 0.6 is 0 Å². The minimum Gasteiger partial charge on any atom is -0.381 e. The van der Waals surface area contributed by atoms with Gasteiger partial charge in [0.2, 0.25) is 0 Å². The molecular formula is C13H23NO2. The van der Waals surface area contributed by atoms with Crippen molar-refractivity contribution in [1.82, 2.24) is 0 Å². The zero-order chi connectivity index (χ0) is 11.0. The van der Waals surface area contributed by atoms with Crippen molar-refractivity contribution in [1.29, 1.82) is 0 Å². The van der Waals surface area contributed by atoms with Crippen LogP contribution < -0.4 is 5.73 Å². The third-order valence-corrected chi connectivity index (χ3v) is 4.92. The number of ether oxygens (including phenoxy) is 2. The Morgan fingerprint density at radius 3 is 2.44 bits per heavy atom. The van der Waals surface area contributed by atoms with E-state index >= 15 is 0 Å². The third kappa shape index (κ3) is 1.89. The molecule has 1 saturated carbocycles. The molecule has 2 heterocycles. The summed E-state index contributed by atoms with van der Waals surface area (Å²) in [5, 5.41) is 0. The molecule has 0 aromatic rings. The molecule has 1 aliphatic carbocycles. The van der Waals surface area contributed by atoms with E-state index in [1.165, 1.54) is 25.7 Å². The molecule has 92 valence electrons. The van der Waals surface area contributed by atoms with Gasteiger partial charge in [0.05, 0.1) is 5.60 Å². The summed E-state index contributed by atoms with van der Waals surface area (Å²) in [5.41, 5.74) is 6.26. The molecule has 3 heteroatoms. The van der Waals surface area contributed by atoms with Crippen LogP contribution in [0.25, 0.3) is 0 Å². The topological polar surface area (TPSA) is 44.5 Å². The number of hydrogen-bond acceptors (Lipinski definition) is 3. The van der Waals surface area contributed by atoms with E-state index in [9.17, 15) is 0 Å². The second kappa shape index (κ2) is 4.28. The van der Waals surface area contributed by atoms with Gasteiger partial charge in [-0.2, -0.15) is 0 Å². The lowest BCUT2D eigenvalue weighted by Gasteiger charge is -2.49. The molecule has 3 atom stereocenters. The second-order valence-electron chi connectivity index (χ2n) is 5.80. The van der Waals surface area contributed by atoms with Gasteiger partial charge in [0.25, 0.3) is 0 Å². The van der Waals surface area contributed by atoms with E-state index < -0.39 is 0 Å². The van der Waals surface area contributed by atoms with E-state index in [-0.39, 0.29) is 5.60 Å². The van der Waals surface area contributed by atoms with Gasteiger partial charge in [0, 0.05) is 25.9 Å². The highest BCUT2D eigenvalue weighted by Crippen LogP contribution is 2.44. The molecule has 2 aliphatic heterocycles. The van der Waals surface area contributed by atoms with Crippen LogP contribution in [0.15, 0.2) is 0 Å². The fourth-order valence-corrected chi connectivity index (χ4v) is 3.66. The first-order valence-electron chi connectivity index (χ1n) is 6.76. The van der Waals surface area contributed by atoms with Gasteiger partial charge < -0.3 is 15.2 Å². The van der Waals surface area contributed by atoms with Crippen molar-refractivity contribution in [3.8, 4) is 0 Å². The van der Waals surface area contributed by atoms with Crippen molar-refractivity contribution in [2.75, 3.05) is 19.8 Å². The Morgan fingerprint density at radius 2 is 1.81 bits per heavy atom. The highest BCUT2D eigenvalue weighted by Gasteiger charge is 2.44. The Balaban J connectivity index is 1.64. The minimum atomic E-state index is 0.149. The molecule has 3 rings (SSSR count). The molecule has 3 aliphatic rings. The standard InChI is InChI=1S/C13H23NO2/c14-12-2-1-11(12)10-3-6-16-13(9-10)4-7-15-8-5-13/h10-12H,1-9,14H2. The monoisotopic (exact) mass is 225 g/mol. The van der Waals surface area contributed by atoms with Crippen molar-refractivity contribution in [3.05, 3.63) is 0 Å². The van der Waals surface area contributed by atoms with E-state index in [4.69, 9.17) is 15.2 Å². The average molecular weight is 225 g/mol. The van der Waals surface area contributed by atoms with Crippen LogP contribution in [0, 0.1) is 11.8 Å². The van der Waals surface area contributed by atoms with E-state index in [0.717, 1.165) is 44.5 Å². The summed E-state index contributed by atoms with van der Waals surface area (Å²) in [7, 11) is 0. The van der Waals surface area contributed by atoms with Crippen LogP contribution in [0.5, 0.6) is 0 Å². The predicted octanol–water partition coefficient (Wildman–Crippen LogP) is 1.70. The summed E-state index contributed by atoms with van der Waals surface area (Å²) in [4.78, 5) is 0. The molecule has 0 aromatic heterocycles. The van der Waals surface area contributed by atoms with Crippen LogP contribution in [0.3, 0.4) is 0 Å². The quantitative estimate of drug-likeness (QED) is 0.738. The maximum atomic E-state index is 6.11. The summed E-state index contributed by atoms with van der Waals surface area (Å²) < 4.78 is 11.5. The Hall–Kier alpha value is -0.120. The first-order chi connectivity index (χ1) is 7.79. The summed E-state index contributed by atoms with van der Waals surface area (Å²) in [6.45, 7) is 2.70. The second-order valence-corrected chi connectivity index (χ2v) is 5.80. The molecule has 3 unspecified atom stereocenters. The zero-order valence-electron chi connectivity index (χ0n) is 9.99. The van der Waals surface area contributed by atoms with Gasteiger partial charge in [-0.1, -0.05) is 0 Å². The van der Waals surface area contributed by atoms with Crippen molar-refractivity contribution in [3.63, 3.8) is 0 Å². The van der Waals surface area contributed by atoms with Crippen LogP contribution in [0.1, 0.15) is 38.5 Å². The number of hydrogen-bond donors (Lipinski definition) is 1. The Kier molecular flexibility index (Phi) is 2.94. The highest BCUT2D eigenvalue weighted by molar-refractivity contribution is 4.96. The van der Waals surface area contributed by atoms with Crippen molar-refractivity contribution >= 4 is 0 Å². The van der Waals surface area contributed by atoms with Crippen molar-refractivity contribution in [2.24, 2.45) is 17.6 Å². The molecule has 2 N–H and O–H groups in total. The van der Waals surface area contributed by atoms with Crippen LogP contribution in [0.4, 0.5) is 0 Å². The molecule has 1 spiro atoms. The summed E-state index contributed by atoms with van der Waals surface area (Å²) in [6, 6.07) is 0.472. The van der Waals surface area contributed by atoms with Gasteiger partial charge >= 0.3 is 0 Å². The molecule has 0 aromatic carbocycles. The minimum absolute atomic E-state index is 0.149. The molecule has 3 nitrogen and oxygen atoms in total. The van der Waals surface area contributed by atoms with E-state index in [1.54, 1.807) is 0 Å². The van der Waals surface area contributed by atoms with Gasteiger partial charge in [-0.3, -0.25) is 0 Å². The lowest BCUT2D eigenvalue weighted by molar-refractivity contribution is -0.157. The summed E-state index contributed by atoms with van der Waals surface area (Å²) >= 11 is 0. The van der Waals surface area contributed by atoms with Gasteiger partial charge in [0.15, 0.2) is 0 Å². The number of nitrogens with two attached hydrogens (primary N) is 1. The van der Waals surface area contributed by atoms with Crippen molar-refractivity contribution in [2.45, 2.75) is 50.2 Å². The molecule has 0 bridgehead atoms.